The van der Waals surface area contributed by atoms with Crippen LogP contribution in [0.1, 0.15) is 20.3 Å². The van der Waals surface area contributed by atoms with Crippen molar-refractivity contribution in [3.8, 4) is 0 Å². The Hall–Kier alpha value is -1.55. The highest BCUT2D eigenvalue weighted by Crippen LogP contribution is 2.62. The molecule has 2 aliphatic carbocycles. The van der Waals surface area contributed by atoms with E-state index in [1.165, 1.54) is 6.08 Å². The SMILES string of the molecule is C=C(C)[C@H]1C[C@@H]2[C@@H](C=C1OC)[C@@]2(/C=C/C(=O)OCC)OC. The number of carbonyl (C=O) groups is 1. The molecule has 0 unspecified atom stereocenters. The van der Waals surface area contributed by atoms with Crippen LogP contribution in [-0.4, -0.2) is 32.4 Å². The predicted molar refractivity (Wildman–Crippen MR) is 80.5 cm³/mol. The molecule has 0 heterocycles. The van der Waals surface area contributed by atoms with Gasteiger partial charge in [-0.15, -0.1) is 0 Å². The van der Waals surface area contributed by atoms with E-state index in [2.05, 4.69) is 12.7 Å². The average Bonchev–Trinajstić information content (AvgIpc) is 3.11. The second-order valence-corrected chi connectivity index (χ2v) is 5.68. The Bertz CT molecular complexity index is 491. The van der Waals surface area contributed by atoms with Crippen LogP contribution in [0.4, 0.5) is 0 Å². The fraction of sp³-hybridized carbons (Fsp3) is 0.588. The molecule has 1 fully saturated rings. The van der Waals surface area contributed by atoms with E-state index in [0.717, 1.165) is 17.8 Å². The Morgan fingerprint density at radius 2 is 2.24 bits per heavy atom. The summed E-state index contributed by atoms with van der Waals surface area (Å²) in [6, 6.07) is 0. The Morgan fingerprint density at radius 1 is 1.52 bits per heavy atom. The van der Waals surface area contributed by atoms with Gasteiger partial charge in [0.05, 0.1) is 25.1 Å². The number of rotatable bonds is 6. The summed E-state index contributed by atoms with van der Waals surface area (Å²) in [6.45, 7) is 8.23. The predicted octanol–water partition coefficient (Wildman–Crippen LogP) is 2.86. The minimum atomic E-state index is -0.416. The molecule has 0 aromatic rings. The third-order valence-electron chi connectivity index (χ3n) is 4.55. The Morgan fingerprint density at radius 3 is 2.76 bits per heavy atom. The maximum absolute atomic E-state index is 11.5. The Labute approximate surface area is 126 Å². The molecule has 21 heavy (non-hydrogen) atoms. The topological polar surface area (TPSA) is 44.8 Å². The maximum Gasteiger partial charge on any atom is 0.330 e. The minimum Gasteiger partial charge on any atom is -0.501 e. The number of carbonyl (C=O) groups excluding carboxylic acids is 1. The molecule has 1 saturated carbocycles. The molecule has 0 aliphatic heterocycles. The van der Waals surface area contributed by atoms with Gasteiger partial charge in [-0.1, -0.05) is 12.2 Å². The third-order valence-corrected chi connectivity index (χ3v) is 4.55. The molecule has 0 radical (unpaired) electrons. The van der Waals surface area contributed by atoms with E-state index in [4.69, 9.17) is 14.2 Å². The standard InChI is InChI=1S/C17H24O4/c1-6-21-16(18)7-8-17(20-5)13-9-12(11(2)3)15(19-4)10-14(13)17/h7-8,10,12-14H,2,6,9H2,1,3-5H3/b8-7+/t12-,13-,14-,17+/m1/s1. The van der Waals surface area contributed by atoms with Gasteiger partial charge in [-0.05, 0) is 32.4 Å². The van der Waals surface area contributed by atoms with Crippen LogP contribution < -0.4 is 0 Å². The Balaban J connectivity index is 2.18. The van der Waals surface area contributed by atoms with Crippen LogP contribution in [0.3, 0.4) is 0 Å². The van der Waals surface area contributed by atoms with Crippen molar-refractivity contribution in [3.05, 3.63) is 36.1 Å². The molecule has 2 aliphatic rings. The molecule has 0 amide bonds. The summed E-state index contributed by atoms with van der Waals surface area (Å²) < 4.78 is 16.1. The number of esters is 1. The highest BCUT2D eigenvalue weighted by molar-refractivity contribution is 5.82. The van der Waals surface area contributed by atoms with Crippen LogP contribution in [0.5, 0.6) is 0 Å². The summed E-state index contributed by atoms with van der Waals surface area (Å²) in [5.41, 5.74) is 0.675. The van der Waals surface area contributed by atoms with E-state index in [-0.39, 0.29) is 17.8 Å². The molecule has 116 valence electrons. The van der Waals surface area contributed by atoms with Gasteiger partial charge < -0.3 is 14.2 Å². The smallest absolute Gasteiger partial charge is 0.330 e. The highest BCUT2D eigenvalue weighted by atomic mass is 16.5. The molecule has 4 nitrogen and oxygen atoms in total. The molecule has 0 spiro atoms. The second-order valence-electron chi connectivity index (χ2n) is 5.68. The lowest BCUT2D eigenvalue weighted by atomic mass is 9.88. The monoisotopic (exact) mass is 292 g/mol. The van der Waals surface area contributed by atoms with Gasteiger partial charge in [0.2, 0.25) is 0 Å². The zero-order valence-corrected chi connectivity index (χ0v) is 13.2. The third kappa shape index (κ3) is 2.77. The Kier molecular flexibility index (Phi) is 4.57. The summed E-state index contributed by atoms with van der Waals surface area (Å²) in [5, 5.41) is 0. The molecule has 2 rings (SSSR count). The number of ether oxygens (including phenoxy) is 3. The van der Waals surface area contributed by atoms with Crippen LogP contribution in [0, 0.1) is 17.8 Å². The van der Waals surface area contributed by atoms with E-state index in [0.29, 0.717) is 12.5 Å². The first-order valence-corrected chi connectivity index (χ1v) is 7.32. The van der Waals surface area contributed by atoms with Crippen molar-refractivity contribution < 1.29 is 19.0 Å². The van der Waals surface area contributed by atoms with Gasteiger partial charge in [0, 0.05) is 30.9 Å². The largest absolute Gasteiger partial charge is 0.501 e. The molecular formula is C17H24O4. The quantitative estimate of drug-likeness (QED) is 0.429. The summed E-state index contributed by atoms with van der Waals surface area (Å²) in [6.07, 6.45) is 6.36. The van der Waals surface area contributed by atoms with Crippen molar-refractivity contribution in [3.63, 3.8) is 0 Å². The molecule has 4 atom stereocenters. The number of hydrogen-bond acceptors (Lipinski definition) is 4. The summed E-state index contributed by atoms with van der Waals surface area (Å²) in [5.74, 6) is 1.45. The van der Waals surface area contributed by atoms with E-state index < -0.39 is 5.60 Å². The van der Waals surface area contributed by atoms with Crippen molar-refractivity contribution in [2.24, 2.45) is 17.8 Å². The summed E-state index contributed by atoms with van der Waals surface area (Å²) in [4.78, 5) is 11.5. The lowest BCUT2D eigenvalue weighted by Crippen LogP contribution is -2.15. The van der Waals surface area contributed by atoms with Gasteiger partial charge >= 0.3 is 5.97 Å². The van der Waals surface area contributed by atoms with E-state index in [1.807, 2.05) is 13.0 Å². The van der Waals surface area contributed by atoms with E-state index >= 15 is 0 Å². The number of hydrogen-bond donors (Lipinski definition) is 0. The summed E-state index contributed by atoms with van der Waals surface area (Å²) >= 11 is 0. The lowest BCUT2D eigenvalue weighted by molar-refractivity contribution is -0.137. The van der Waals surface area contributed by atoms with E-state index in [1.54, 1.807) is 21.1 Å². The fourth-order valence-electron chi connectivity index (χ4n) is 3.36. The maximum atomic E-state index is 11.5. The summed E-state index contributed by atoms with van der Waals surface area (Å²) in [7, 11) is 3.37. The van der Waals surface area contributed by atoms with Gasteiger partial charge in [0.25, 0.3) is 0 Å². The number of methoxy groups -OCH3 is 2. The van der Waals surface area contributed by atoms with Crippen LogP contribution in [0.2, 0.25) is 0 Å². The van der Waals surface area contributed by atoms with Gasteiger partial charge in [-0.25, -0.2) is 4.79 Å². The number of fused-ring (bicyclic) bond motifs is 1. The van der Waals surface area contributed by atoms with Crippen LogP contribution in [0.15, 0.2) is 36.1 Å². The lowest BCUT2D eigenvalue weighted by Gasteiger charge is -2.22. The van der Waals surface area contributed by atoms with Crippen molar-refractivity contribution in [2.45, 2.75) is 25.9 Å². The van der Waals surface area contributed by atoms with Crippen molar-refractivity contribution in [1.82, 2.24) is 0 Å². The molecule has 0 bridgehead atoms. The first-order chi connectivity index (χ1) is 10.00. The molecular weight excluding hydrogens is 268 g/mol. The molecule has 0 aromatic carbocycles. The van der Waals surface area contributed by atoms with Crippen molar-refractivity contribution in [1.29, 1.82) is 0 Å². The van der Waals surface area contributed by atoms with Gasteiger partial charge in [-0.2, -0.15) is 0 Å². The first-order valence-electron chi connectivity index (χ1n) is 7.32. The van der Waals surface area contributed by atoms with Crippen LogP contribution in [-0.2, 0) is 19.0 Å². The van der Waals surface area contributed by atoms with Crippen LogP contribution in [0.25, 0.3) is 0 Å². The average molecular weight is 292 g/mol. The van der Waals surface area contributed by atoms with Crippen LogP contribution >= 0.6 is 0 Å². The van der Waals surface area contributed by atoms with Gasteiger partial charge in [0.1, 0.15) is 0 Å². The fourth-order valence-corrected chi connectivity index (χ4v) is 3.36. The zero-order valence-electron chi connectivity index (χ0n) is 13.2. The number of allylic oxidation sites excluding steroid dienone is 1. The molecule has 0 N–H and O–H groups in total. The van der Waals surface area contributed by atoms with Crippen molar-refractivity contribution in [2.75, 3.05) is 20.8 Å². The van der Waals surface area contributed by atoms with Gasteiger partial charge in [-0.3, -0.25) is 0 Å². The normalized spacial score (nSPS) is 34.1. The molecule has 0 aromatic heterocycles. The molecule has 0 saturated heterocycles. The van der Waals surface area contributed by atoms with Crippen molar-refractivity contribution >= 4 is 5.97 Å². The molecule has 4 heteroatoms. The highest BCUT2D eigenvalue weighted by Gasteiger charge is 2.65. The van der Waals surface area contributed by atoms with E-state index in [9.17, 15) is 4.79 Å². The minimum absolute atomic E-state index is 0.226. The first kappa shape index (κ1) is 15.8. The van der Waals surface area contributed by atoms with Gasteiger partial charge in [0.15, 0.2) is 0 Å². The zero-order chi connectivity index (χ0) is 15.6. The second kappa shape index (κ2) is 6.06.